The maximum Gasteiger partial charge on any atom is 0.236 e. The van der Waals surface area contributed by atoms with Crippen molar-refractivity contribution in [2.24, 2.45) is 0 Å². The van der Waals surface area contributed by atoms with Crippen molar-refractivity contribution in [3.63, 3.8) is 0 Å². The fraction of sp³-hybridized carbons (Fsp3) is 0.458. The zero-order valence-corrected chi connectivity index (χ0v) is 19.2. The Labute approximate surface area is 194 Å². The summed E-state index contributed by atoms with van der Waals surface area (Å²) in [6.07, 6.45) is 0. The molecule has 0 spiro atoms. The second kappa shape index (κ2) is 10.5. The van der Waals surface area contributed by atoms with Gasteiger partial charge in [-0.05, 0) is 36.4 Å². The van der Waals surface area contributed by atoms with Gasteiger partial charge in [-0.15, -0.1) is 0 Å². The maximum atomic E-state index is 14.0. The van der Waals surface area contributed by atoms with Gasteiger partial charge >= 0.3 is 0 Å². The number of amides is 1. The molecule has 0 aliphatic carbocycles. The summed E-state index contributed by atoms with van der Waals surface area (Å²) in [6.45, 7) is 7.24. The summed E-state index contributed by atoms with van der Waals surface area (Å²) >= 11 is 6.16. The summed E-state index contributed by atoms with van der Waals surface area (Å²) in [7, 11) is 1.66. The smallest absolute Gasteiger partial charge is 0.236 e. The van der Waals surface area contributed by atoms with E-state index in [1.807, 2.05) is 17.0 Å². The molecule has 6 nitrogen and oxygen atoms in total. The second-order valence-electron chi connectivity index (χ2n) is 8.32. The molecular formula is C24H30ClFN4O2. The number of ether oxygens (including phenoxy) is 1. The van der Waals surface area contributed by atoms with Crippen molar-refractivity contribution in [3.8, 4) is 5.75 Å². The first-order chi connectivity index (χ1) is 15.5. The molecule has 0 unspecified atom stereocenters. The van der Waals surface area contributed by atoms with Gasteiger partial charge in [-0.1, -0.05) is 17.7 Å². The number of hydrogen-bond donors (Lipinski definition) is 0. The van der Waals surface area contributed by atoms with Crippen molar-refractivity contribution in [3.05, 3.63) is 58.9 Å². The molecule has 0 atom stereocenters. The number of piperazine rings is 2. The molecule has 4 rings (SSSR count). The molecule has 172 valence electrons. The van der Waals surface area contributed by atoms with Crippen LogP contribution in [0.3, 0.4) is 0 Å². The summed E-state index contributed by atoms with van der Waals surface area (Å²) in [5, 5.41) is 0.469. The average Bonchev–Trinajstić information content (AvgIpc) is 2.83. The van der Waals surface area contributed by atoms with Crippen molar-refractivity contribution in [2.75, 3.05) is 70.9 Å². The number of methoxy groups -OCH3 is 1. The highest BCUT2D eigenvalue weighted by Gasteiger charge is 2.25. The average molecular weight is 461 g/mol. The molecule has 0 radical (unpaired) electrons. The first kappa shape index (κ1) is 22.8. The summed E-state index contributed by atoms with van der Waals surface area (Å²) in [5.74, 6) is 0.772. The van der Waals surface area contributed by atoms with Crippen LogP contribution in [0.15, 0.2) is 42.5 Å². The molecule has 2 fully saturated rings. The molecule has 2 aliphatic rings. The van der Waals surface area contributed by atoms with E-state index >= 15 is 0 Å². The van der Waals surface area contributed by atoms with Gasteiger partial charge in [0.25, 0.3) is 0 Å². The van der Waals surface area contributed by atoms with Gasteiger partial charge < -0.3 is 14.5 Å². The van der Waals surface area contributed by atoms with E-state index in [4.69, 9.17) is 16.3 Å². The molecule has 1 amide bonds. The Morgan fingerprint density at radius 2 is 1.59 bits per heavy atom. The van der Waals surface area contributed by atoms with Crippen molar-refractivity contribution in [1.82, 2.24) is 14.7 Å². The van der Waals surface area contributed by atoms with Crippen LogP contribution in [0.2, 0.25) is 5.02 Å². The molecule has 0 bridgehead atoms. The van der Waals surface area contributed by atoms with Gasteiger partial charge in [0.15, 0.2) is 0 Å². The number of rotatable bonds is 6. The Balaban J connectivity index is 1.21. The van der Waals surface area contributed by atoms with E-state index in [1.54, 1.807) is 19.2 Å². The zero-order valence-electron chi connectivity index (χ0n) is 18.5. The van der Waals surface area contributed by atoms with Gasteiger partial charge in [-0.2, -0.15) is 0 Å². The van der Waals surface area contributed by atoms with Gasteiger partial charge in [0.1, 0.15) is 11.6 Å². The Bertz CT molecular complexity index is 890. The SMILES string of the molecule is COc1ccc(N2CCN(C(=O)CN3CCN(Cc4c(F)cccc4Cl)CC3)CC2)cc1. The van der Waals surface area contributed by atoms with Gasteiger partial charge in [0.05, 0.1) is 13.7 Å². The van der Waals surface area contributed by atoms with Crippen LogP contribution in [-0.2, 0) is 11.3 Å². The van der Waals surface area contributed by atoms with Crippen LogP contribution >= 0.6 is 11.6 Å². The largest absolute Gasteiger partial charge is 0.497 e. The van der Waals surface area contributed by atoms with Crippen LogP contribution in [0.4, 0.5) is 10.1 Å². The Morgan fingerprint density at radius 1 is 0.938 bits per heavy atom. The quantitative estimate of drug-likeness (QED) is 0.662. The third-order valence-electron chi connectivity index (χ3n) is 6.34. The first-order valence-electron chi connectivity index (χ1n) is 11.1. The minimum Gasteiger partial charge on any atom is -0.497 e. The normalized spacial score (nSPS) is 18.1. The van der Waals surface area contributed by atoms with Crippen LogP contribution < -0.4 is 9.64 Å². The van der Waals surface area contributed by atoms with Crippen LogP contribution in [0.1, 0.15) is 5.56 Å². The van der Waals surface area contributed by atoms with E-state index in [9.17, 15) is 9.18 Å². The summed E-state index contributed by atoms with van der Waals surface area (Å²) in [6, 6.07) is 12.9. The molecule has 0 aromatic heterocycles. The van der Waals surface area contributed by atoms with Crippen molar-refractivity contribution < 1.29 is 13.9 Å². The number of benzene rings is 2. The van der Waals surface area contributed by atoms with E-state index in [0.717, 1.165) is 63.8 Å². The van der Waals surface area contributed by atoms with Crippen LogP contribution in [0, 0.1) is 5.82 Å². The third-order valence-corrected chi connectivity index (χ3v) is 6.69. The van der Waals surface area contributed by atoms with Gasteiger partial charge in [0, 0.05) is 75.2 Å². The fourth-order valence-electron chi connectivity index (χ4n) is 4.31. The highest BCUT2D eigenvalue weighted by atomic mass is 35.5. The van der Waals surface area contributed by atoms with Crippen molar-refractivity contribution >= 4 is 23.2 Å². The maximum absolute atomic E-state index is 14.0. The Morgan fingerprint density at radius 3 is 2.22 bits per heavy atom. The molecule has 2 aliphatic heterocycles. The van der Waals surface area contributed by atoms with E-state index in [2.05, 4.69) is 26.8 Å². The lowest BCUT2D eigenvalue weighted by molar-refractivity contribution is -0.133. The Hall–Kier alpha value is -2.35. The lowest BCUT2D eigenvalue weighted by Crippen LogP contribution is -2.53. The van der Waals surface area contributed by atoms with Crippen LogP contribution in [0.5, 0.6) is 5.75 Å². The van der Waals surface area contributed by atoms with E-state index < -0.39 is 0 Å². The van der Waals surface area contributed by atoms with Gasteiger partial charge in [0.2, 0.25) is 5.91 Å². The number of halogens is 2. The molecule has 2 heterocycles. The number of hydrogen-bond acceptors (Lipinski definition) is 5. The minimum absolute atomic E-state index is 0.185. The minimum atomic E-state index is -0.260. The molecule has 8 heteroatoms. The van der Waals surface area contributed by atoms with E-state index in [0.29, 0.717) is 23.7 Å². The summed E-state index contributed by atoms with van der Waals surface area (Å²) in [5.41, 5.74) is 1.71. The third kappa shape index (κ3) is 5.52. The number of carbonyl (C=O) groups excluding carboxylic acids is 1. The number of carbonyl (C=O) groups is 1. The fourth-order valence-corrected chi connectivity index (χ4v) is 4.53. The molecule has 2 aromatic carbocycles. The summed E-state index contributed by atoms with van der Waals surface area (Å²) in [4.78, 5) is 21.5. The monoisotopic (exact) mass is 460 g/mol. The van der Waals surface area contributed by atoms with Gasteiger partial charge in [-0.25, -0.2) is 4.39 Å². The van der Waals surface area contributed by atoms with Crippen molar-refractivity contribution in [2.45, 2.75) is 6.54 Å². The molecular weight excluding hydrogens is 431 g/mol. The lowest BCUT2D eigenvalue weighted by Gasteiger charge is -2.38. The standard InChI is InChI=1S/C24H30ClFN4O2/c1-32-20-7-5-19(6-8-20)29-13-15-30(16-14-29)24(31)18-28-11-9-27(10-12-28)17-21-22(25)3-2-4-23(21)26/h2-8H,9-18H2,1H3. The Kier molecular flexibility index (Phi) is 7.50. The van der Waals surface area contributed by atoms with Gasteiger partial charge in [-0.3, -0.25) is 14.6 Å². The number of anilines is 1. The molecule has 2 saturated heterocycles. The summed E-state index contributed by atoms with van der Waals surface area (Å²) < 4.78 is 19.3. The second-order valence-corrected chi connectivity index (χ2v) is 8.73. The molecule has 0 saturated carbocycles. The first-order valence-corrected chi connectivity index (χ1v) is 11.5. The highest BCUT2D eigenvalue weighted by molar-refractivity contribution is 6.31. The van der Waals surface area contributed by atoms with E-state index in [-0.39, 0.29) is 11.7 Å². The van der Waals surface area contributed by atoms with Crippen molar-refractivity contribution in [1.29, 1.82) is 0 Å². The van der Waals surface area contributed by atoms with Crippen LogP contribution in [-0.4, -0.2) is 86.6 Å². The molecule has 2 aromatic rings. The predicted octanol–water partition coefficient (Wildman–Crippen LogP) is 2.95. The molecule has 32 heavy (non-hydrogen) atoms. The predicted molar refractivity (Wildman–Crippen MR) is 125 cm³/mol. The topological polar surface area (TPSA) is 39.3 Å². The van der Waals surface area contributed by atoms with Crippen LogP contribution in [0.25, 0.3) is 0 Å². The zero-order chi connectivity index (χ0) is 22.5. The number of nitrogens with zero attached hydrogens (tertiary/aromatic N) is 4. The molecule has 0 N–H and O–H groups in total. The lowest BCUT2D eigenvalue weighted by atomic mass is 10.2. The van der Waals surface area contributed by atoms with E-state index in [1.165, 1.54) is 6.07 Å². The highest BCUT2D eigenvalue weighted by Crippen LogP contribution is 2.22.